The zero-order valence-electron chi connectivity index (χ0n) is 13.0. The van der Waals surface area contributed by atoms with Gasteiger partial charge in [-0.2, -0.15) is 0 Å². The van der Waals surface area contributed by atoms with Crippen molar-refractivity contribution in [3.05, 3.63) is 35.2 Å². The number of nitrogens with zero attached hydrogens (tertiary/aromatic N) is 1. The Balaban J connectivity index is 1.64. The van der Waals surface area contributed by atoms with Crippen LogP contribution in [0.25, 0.3) is 11.3 Å². The summed E-state index contributed by atoms with van der Waals surface area (Å²) in [7, 11) is 0. The number of amides is 2. The maximum Gasteiger partial charge on any atom is 0.231 e. The summed E-state index contributed by atoms with van der Waals surface area (Å²) in [5.41, 5.74) is 3.20. The van der Waals surface area contributed by atoms with Gasteiger partial charge in [-0.1, -0.05) is 31.2 Å². The Bertz CT molecular complexity index is 699. The highest BCUT2D eigenvalue weighted by atomic mass is 32.1. The van der Waals surface area contributed by atoms with E-state index >= 15 is 0 Å². The molecule has 1 aromatic carbocycles. The minimum absolute atomic E-state index is 0.0149. The third-order valence-corrected chi connectivity index (χ3v) is 4.79. The van der Waals surface area contributed by atoms with Gasteiger partial charge in [-0.25, -0.2) is 4.98 Å². The summed E-state index contributed by atoms with van der Waals surface area (Å²) in [6.45, 7) is 2.53. The number of anilines is 1. The number of aryl methyl sites for hydroxylation is 1. The second kappa shape index (κ2) is 6.91. The largest absolute Gasteiger partial charge is 0.355 e. The lowest BCUT2D eigenvalue weighted by molar-refractivity contribution is -0.126. The van der Waals surface area contributed by atoms with Crippen molar-refractivity contribution in [2.75, 3.05) is 11.9 Å². The first-order valence-corrected chi connectivity index (χ1v) is 8.66. The van der Waals surface area contributed by atoms with Crippen LogP contribution in [0.5, 0.6) is 0 Å². The average molecular weight is 329 g/mol. The second-order valence-corrected chi connectivity index (χ2v) is 6.48. The predicted octanol–water partition coefficient (Wildman–Crippen LogP) is 2.84. The van der Waals surface area contributed by atoms with Gasteiger partial charge in [0.15, 0.2) is 5.13 Å². The minimum Gasteiger partial charge on any atom is -0.355 e. The summed E-state index contributed by atoms with van der Waals surface area (Å²) < 4.78 is 0. The summed E-state index contributed by atoms with van der Waals surface area (Å²) in [5, 5.41) is 8.12. The van der Waals surface area contributed by atoms with E-state index in [2.05, 4.69) is 46.8 Å². The lowest BCUT2D eigenvalue weighted by Crippen LogP contribution is -2.40. The van der Waals surface area contributed by atoms with Crippen LogP contribution in [0.1, 0.15) is 25.3 Å². The second-order valence-electron chi connectivity index (χ2n) is 5.62. The van der Waals surface area contributed by atoms with Crippen LogP contribution in [0.15, 0.2) is 29.6 Å². The number of nitrogens with one attached hydrogen (secondary N) is 2. The zero-order chi connectivity index (χ0) is 16.2. The van der Waals surface area contributed by atoms with Gasteiger partial charge in [0.2, 0.25) is 11.8 Å². The fourth-order valence-corrected chi connectivity index (χ4v) is 3.26. The molecule has 5 nitrogen and oxygen atoms in total. The molecule has 120 valence electrons. The zero-order valence-corrected chi connectivity index (χ0v) is 13.8. The van der Waals surface area contributed by atoms with Gasteiger partial charge in [0.05, 0.1) is 11.6 Å². The van der Waals surface area contributed by atoms with E-state index in [1.165, 1.54) is 16.9 Å². The van der Waals surface area contributed by atoms with Gasteiger partial charge in [-0.15, -0.1) is 11.3 Å². The Kier molecular flexibility index (Phi) is 4.71. The molecule has 0 aliphatic carbocycles. The van der Waals surface area contributed by atoms with E-state index in [0.29, 0.717) is 24.5 Å². The van der Waals surface area contributed by atoms with Crippen molar-refractivity contribution in [3.8, 4) is 11.3 Å². The molecule has 1 atom stereocenters. The molecule has 2 amide bonds. The molecule has 1 aliphatic heterocycles. The third kappa shape index (κ3) is 3.76. The van der Waals surface area contributed by atoms with Crippen LogP contribution in [-0.2, 0) is 16.0 Å². The van der Waals surface area contributed by atoms with Crippen molar-refractivity contribution in [3.63, 3.8) is 0 Å². The summed E-state index contributed by atoms with van der Waals surface area (Å²) in [6.07, 6.45) is 2.01. The molecule has 1 saturated heterocycles. The van der Waals surface area contributed by atoms with Crippen molar-refractivity contribution < 1.29 is 9.59 Å². The Morgan fingerprint density at radius 3 is 2.83 bits per heavy atom. The van der Waals surface area contributed by atoms with Crippen molar-refractivity contribution in [2.24, 2.45) is 5.92 Å². The molecule has 2 heterocycles. The Labute approximate surface area is 139 Å². The highest BCUT2D eigenvalue weighted by Gasteiger charge is 2.25. The van der Waals surface area contributed by atoms with Gasteiger partial charge < -0.3 is 10.6 Å². The number of carbonyl (C=O) groups is 2. The van der Waals surface area contributed by atoms with Gasteiger partial charge in [0.25, 0.3) is 0 Å². The van der Waals surface area contributed by atoms with Crippen LogP contribution in [0, 0.1) is 5.92 Å². The fourth-order valence-electron chi connectivity index (χ4n) is 2.54. The van der Waals surface area contributed by atoms with E-state index in [1.54, 1.807) is 0 Å². The Morgan fingerprint density at radius 1 is 1.39 bits per heavy atom. The molecule has 2 N–H and O–H groups in total. The summed E-state index contributed by atoms with van der Waals surface area (Å²) in [6, 6.07) is 8.29. The smallest absolute Gasteiger partial charge is 0.231 e. The van der Waals surface area contributed by atoms with Gasteiger partial charge >= 0.3 is 0 Å². The summed E-state index contributed by atoms with van der Waals surface area (Å²) >= 11 is 1.42. The molecule has 1 aliphatic rings. The first kappa shape index (κ1) is 15.7. The number of piperidine rings is 1. The number of rotatable bonds is 4. The first-order valence-electron chi connectivity index (χ1n) is 7.78. The van der Waals surface area contributed by atoms with Crippen LogP contribution in [-0.4, -0.2) is 23.3 Å². The SMILES string of the molecule is CCc1ccc(-c2csc(NC(=O)[C@@H]3CCC(=O)NC3)n2)cc1. The number of hydrogen-bond donors (Lipinski definition) is 2. The van der Waals surface area contributed by atoms with Crippen molar-refractivity contribution in [2.45, 2.75) is 26.2 Å². The molecular weight excluding hydrogens is 310 g/mol. The molecule has 0 bridgehead atoms. The average Bonchev–Trinajstić information content (AvgIpc) is 3.04. The molecule has 2 aromatic rings. The quantitative estimate of drug-likeness (QED) is 0.906. The number of benzene rings is 1. The van der Waals surface area contributed by atoms with E-state index in [4.69, 9.17) is 0 Å². The molecule has 0 unspecified atom stereocenters. The van der Waals surface area contributed by atoms with E-state index in [-0.39, 0.29) is 17.7 Å². The van der Waals surface area contributed by atoms with Gasteiger partial charge in [0.1, 0.15) is 0 Å². The summed E-state index contributed by atoms with van der Waals surface area (Å²) in [5.74, 6) is -0.239. The molecule has 0 radical (unpaired) electrons. The predicted molar refractivity (Wildman–Crippen MR) is 91.3 cm³/mol. The molecule has 0 saturated carbocycles. The van der Waals surface area contributed by atoms with E-state index in [0.717, 1.165) is 17.7 Å². The highest BCUT2D eigenvalue weighted by Crippen LogP contribution is 2.26. The molecule has 23 heavy (non-hydrogen) atoms. The van der Waals surface area contributed by atoms with Crippen LogP contribution >= 0.6 is 11.3 Å². The number of aromatic nitrogens is 1. The molecule has 0 spiro atoms. The topological polar surface area (TPSA) is 71.1 Å². The Morgan fingerprint density at radius 2 is 2.17 bits per heavy atom. The van der Waals surface area contributed by atoms with Crippen molar-refractivity contribution in [1.82, 2.24) is 10.3 Å². The molecule has 1 fully saturated rings. The van der Waals surface area contributed by atoms with Crippen LogP contribution in [0.3, 0.4) is 0 Å². The van der Waals surface area contributed by atoms with Crippen LogP contribution in [0.2, 0.25) is 0 Å². The highest BCUT2D eigenvalue weighted by molar-refractivity contribution is 7.14. The van der Waals surface area contributed by atoms with Crippen LogP contribution < -0.4 is 10.6 Å². The van der Waals surface area contributed by atoms with E-state index in [9.17, 15) is 9.59 Å². The molecule has 1 aromatic heterocycles. The first-order chi connectivity index (χ1) is 11.2. The maximum atomic E-state index is 12.2. The molecular formula is C17H19N3O2S. The monoisotopic (exact) mass is 329 g/mol. The number of thiazole rings is 1. The lowest BCUT2D eigenvalue weighted by Gasteiger charge is -2.20. The lowest BCUT2D eigenvalue weighted by atomic mass is 9.98. The maximum absolute atomic E-state index is 12.2. The number of carbonyl (C=O) groups excluding carboxylic acids is 2. The fraction of sp³-hybridized carbons (Fsp3) is 0.353. The van der Waals surface area contributed by atoms with Crippen molar-refractivity contribution in [1.29, 1.82) is 0 Å². The normalized spacial score (nSPS) is 17.6. The summed E-state index contributed by atoms with van der Waals surface area (Å²) in [4.78, 5) is 27.8. The standard InChI is InChI=1S/C17H19N3O2S/c1-2-11-3-5-12(6-4-11)14-10-23-17(19-14)20-16(22)13-7-8-15(21)18-9-13/h3-6,10,13H,2,7-9H2,1H3,(H,18,21)(H,19,20,22)/t13-/m1/s1. The Hall–Kier alpha value is -2.21. The molecule has 6 heteroatoms. The number of hydrogen-bond acceptors (Lipinski definition) is 4. The van der Waals surface area contributed by atoms with Crippen molar-refractivity contribution >= 4 is 28.3 Å². The van der Waals surface area contributed by atoms with E-state index in [1.807, 2.05) is 5.38 Å². The van der Waals surface area contributed by atoms with E-state index < -0.39 is 0 Å². The third-order valence-electron chi connectivity index (χ3n) is 4.03. The minimum atomic E-state index is -0.177. The van der Waals surface area contributed by atoms with Gasteiger partial charge in [0, 0.05) is 23.9 Å². The van der Waals surface area contributed by atoms with Gasteiger partial charge in [-0.3, -0.25) is 9.59 Å². The van der Waals surface area contributed by atoms with Crippen LogP contribution in [0.4, 0.5) is 5.13 Å². The molecule has 3 rings (SSSR count). The van der Waals surface area contributed by atoms with Gasteiger partial charge in [-0.05, 0) is 18.4 Å².